The van der Waals surface area contributed by atoms with E-state index in [4.69, 9.17) is 22.1 Å². The molecule has 0 radical (unpaired) electrons. The monoisotopic (exact) mass is 348 g/mol. The van der Waals surface area contributed by atoms with Gasteiger partial charge in [0.15, 0.2) is 0 Å². The number of esters is 1. The Labute approximate surface area is 147 Å². The Bertz CT molecular complexity index is 749. The first kappa shape index (κ1) is 19.5. The summed E-state index contributed by atoms with van der Waals surface area (Å²) >= 11 is 6.10. The van der Waals surface area contributed by atoms with Crippen LogP contribution in [0.2, 0.25) is 5.02 Å². The highest BCUT2D eigenvalue weighted by Crippen LogP contribution is 2.28. The third kappa shape index (κ3) is 4.26. The van der Waals surface area contributed by atoms with E-state index in [1.807, 2.05) is 6.92 Å². The van der Waals surface area contributed by atoms with Gasteiger partial charge in [-0.05, 0) is 31.5 Å². The van der Waals surface area contributed by atoms with Crippen molar-refractivity contribution in [3.05, 3.63) is 64.5 Å². The molecule has 0 aliphatic heterocycles. The number of methoxy groups -OCH3 is 2. The molecule has 0 fully saturated rings. The third-order valence-corrected chi connectivity index (χ3v) is 3.71. The number of rotatable bonds is 6. The number of allylic oxidation sites excluding steroid dienone is 1. The first-order chi connectivity index (χ1) is 11.3. The molecule has 0 aliphatic carbocycles. The van der Waals surface area contributed by atoms with Crippen LogP contribution in [-0.2, 0) is 9.53 Å². The maximum atomic E-state index is 11.6. The van der Waals surface area contributed by atoms with Gasteiger partial charge in [-0.3, -0.25) is 0 Å². The summed E-state index contributed by atoms with van der Waals surface area (Å²) in [7, 11) is 2.81. The number of halogens is 1. The van der Waals surface area contributed by atoms with E-state index in [2.05, 4.69) is 22.9 Å². The molecule has 0 spiro atoms. The highest BCUT2D eigenvalue weighted by atomic mass is 35.5. The highest BCUT2D eigenvalue weighted by molar-refractivity contribution is 6.32. The molecule has 0 saturated carbocycles. The average molecular weight is 349 g/mol. The minimum absolute atomic E-state index is 0.0898. The lowest BCUT2D eigenvalue weighted by atomic mass is 10.0. The maximum Gasteiger partial charge on any atom is 0.337 e. The zero-order valence-electron chi connectivity index (χ0n) is 14.3. The van der Waals surface area contributed by atoms with Crippen molar-refractivity contribution in [1.29, 1.82) is 0 Å². The lowest BCUT2D eigenvalue weighted by Gasteiger charge is -2.11. The molecule has 0 bridgehead atoms. The van der Waals surface area contributed by atoms with Crippen LogP contribution >= 0.6 is 11.6 Å². The summed E-state index contributed by atoms with van der Waals surface area (Å²) in [6, 6.07) is 3.57. The Kier molecular flexibility index (Phi) is 6.80. The average Bonchev–Trinajstić information content (AvgIpc) is 2.54. The highest BCUT2D eigenvalue weighted by Gasteiger charge is 2.14. The van der Waals surface area contributed by atoms with Gasteiger partial charge in [0.1, 0.15) is 11.6 Å². The van der Waals surface area contributed by atoms with Crippen LogP contribution in [0.5, 0.6) is 5.75 Å². The quantitative estimate of drug-likeness (QED) is 0.369. The van der Waals surface area contributed by atoms with Crippen LogP contribution in [0.1, 0.15) is 18.1 Å². The molecule has 24 heavy (non-hydrogen) atoms. The normalized spacial score (nSPS) is 12.3. The minimum Gasteiger partial charge on any atom is -0.495 e. The standard InChI is InChI=1S/C18H21ClN2O3/c1-7-13(11(3)18(22)24-6)17(20)21-12(4)14-9-16(23-5)15(19)8-10(14)2/h7-9H,1,3,20H2,2,4-6H3/b17-13-,21-12?. The topological polar surface area (TPSA) is 73.9 Å². The molecule has 0 heterocycles. The largest absolute Gasteiger partial charge is 0.495 e. The van der Waals surface area contributed by atoms with E-state index >= 15 is 0 Å². The molecule has 1 aromatic carbocycles. The van der Waals surface area contributed by atoms with Gasteiger partial charge in [-0.2, -0.15) is 0 Å². The van der Waals surface area contributed by atoms with Crippen LogP contribution in [0.15, 0.2) is 53.3 Å². The molecule has 0 aromatic heterocycles. The smallest absolute Gasteiger partial charge is 0.337 e. The number of aryl methyl sites for hydroxylation is 1. The summed E-state index contributed by atoms with van der Waals surface area (Å²) in [6.07, 6.45) is 1.42. The summed E-state index contributed by atoms with van der Waals surface area (Å²) in [5, 5.41) is 0.515. The fourth-order valence-corrected chi connectivity index (χ4v) is 2.41. The second kappa shape index (κ2) is 8.36. The van der Waals surface area contributed by atoms with Gasteiger partial charge in [0.25, 0.3) is 0 Å². The molecule has 128 valence electrons. The Balaban J connectivity index is 3.38. The van der Waals surface area contributed by atoms with Gasteiger partial charge in [0.2, 0.25) is 0 Å². The number of nitrogens with zero attached hydrogens (tertiary/aromatic N) is 1. The maximum absolute atomic E-state index is 11.6. The molecule has 2 N–H and O–H groups in total. The Morgan fingerprint density at radius 3 is 2.50 bits per heavy atom. The lowest BCUT2D eigenvalue weighted by molar-refractivity contribution is -0.135. The van der Waals surface area contributed by atoms with Crippen molar-refractivity contribution in [3.63, 3.8) is 0 Å². The fourth-order valence-electron chi connectivity index (χ4n) is 2.12. The number of carbonyl (C=O) groups excluding carboxylic acids is 1. The van der Waals surface area contributed by atoms with E-state index in [0.717, 1.165) is 11.1 Å². The number of carbonyl (C=O) groups is 1. The van der Waals surface area contributed by atoms with Crippen molar-refractivity contribution >= 4 is 23.3 Å². The zero-order chi connectivity index (χ0) is 18.4. The number of hydrogen-bond acceptors (Lipinski definition) is 5. The summed E-state index contributed by atoms with van der Waals surface area (Å²) in [4.78, 5) is 16.0. The predicted molar refractivity (Wildman–Crippen MR) is 97.5 cm³/mol. The molecular weight excluding hydrogens is 328 g/mol. The third-order valence-electron chi connectivity index (χ3n) is 3.41. The Hall–Kier alpha value is -2.53. The van der Waals surface area contributed by atoms with Crippen molar-refractivity contribution in [1.82, 2.24) is 0 Å². The molecular formula is C18H21ClN2O3. The van der Waals surface area contributed by atoms with Crippen LogP contribution in [0.4, 0.5) is 0 Å². The number of benzene rings is 1. The molecule has 0 amide bonds. The predicted octanol–water partition coefficient (Wildman–Crippen LogP) is 3.55. The van der Waals surface area contributed by atoms with Gasteiger partial charge in [-0.15, -0.1) is 0 Å². The second-order valence-corrected chi connectivity index (χ2v) is 5.38. The molecule has 0 aliphatic rings. The number of aliphatic imine (C=N–C) groups is 1. The van der Waals surface area contributed by atoms with E-state index in [1.165, 1.54) is 20.3 Å². The lowest BCUT2D eigenvalue weighted by Crippen LogP contribution is -2.11. The molecule has 5 nitrogen and oxygen atoms in total. The summed E-state index contributed by atoms with van der Waals surface area (Å²) in [6.45, 7) is 11.0. The molecule has 0 saturated heterocycles. The molecule has 1 rings (SSSR count). The van der Waals surface area contributed by atoms with Crippen molar-refractivity contribution in [2.24, 2.45) is 10.7 Å². The molecule has 1 aromatic rings. The summed E-state index contributed by atoms with van der Waals surface area (Å²) in [5.74, 6) is 0.0635. The minimum atomic E-state index is -0.593. The van der Waals surface area contributed by atoms with Crippen molar-refractivity contribution in [2.45, 2.75) is 13.8 Å². The summed E-state index contributed by atoms with van der Waals surface area (Å²) in [5.41, 5.74) is 8.79. The van der Waals surface area contributed by atoms with E-state index in [9.17, 15) is 4.79 Å². The first-order valence-corrected chi connectivity index (χ1v) is 7.44. The van der Waals surface area contributed by atoms with Gasteiger partial charge in [-0.25, -0.2) is 9.79 Å². The van der Waals surface area contributed by atoms with Crippen LogP contribution in [0.3, 0.4) is 0 Å². The molecule has 0 atom stereocenters. The summed E-state index contributed by atoms with van der Waals surface area (Å²) < 4.78 is 9.87. The number of nitrogens with two attached hydrogens (primary N) is 1. The van der Waals surface area contributed by atoms with E-state index < -0.39 is 5.97 Å². The Morgan fingerprint density at radius 1 is 1.38 bits per heavy atom. The van der Waals surface area contributed by atoms with Crippen LogP contribution < -0.4 is 10.5 Å². The second-order valence-electron chi connectivity index (χ2n) is 4.97. The SMILES string of the molecule is C=C/C(C(=C)C(=O)OC)=C(\N)N=C(C)c1cc(OC)c(Cl)cc1C. The van der Waals surface area contributed by atoms with E-state index in [-0.39, 0.29) is 11.4 Å². The van der Waals surface area contributed by atoms with Gasteiger partial charge in [0, 0.05) is 16.8 Å². The van der Waals surface area contributed by atoms with Crippen LogP contribution in [0.25, 0.3) is 0 Å². The fraction of sp³-hybridized carbons (Fsp3) is 0.222. The Morgan fingerprint density at radius 2 is 2.00 bits per heavy atom. The van der Waals surface area contributed by atoms with Crippen molar-refractivity contribution in [2.75, 3.05) is 14.2 Å². The van der Waals surface area contributed by atoms with Gasteiger partial charge >= 0.3 is 5.97 Å². The van der Waals surface area contributed by atoms with Gasteiger partial charge < -0.3 is 15.2 Å². The van der Waals surface area contributed by atoms with Crippen molar-refractivity contribution < 1.29 is 14.3 Å². The van der Waals surface area contributed by atoms with Gasteiger partial charge in [0.05, 0.1) is 24.8 Å². The number of ether oxygens (including phenoxy) is 2. The van der Waals surface area contributed by atoms with Crippen LogP contribution in [0, 0.1) is 6.92 Å². The van der Waals surface area contributed by atoms with Crippen molar-refractivity contribution in [3.8, 4) is 5.75 Å². The molecule has 6 heteroatoms. The van der Waals surface area contributed by atoms with Crippen LogP contribution in [-0.4, -0.2) is 25.9 Å². The molecule has 0 unspecified atom stereocenters. The van der Waals surface area contributed by atoms with E-state index in [0.29, 0.717) is 22.1 Å². The first-order valence-electron chi connectivity index (χ1n) is 7.06. The zero-order valence-corrected chi connectivity index (χ0v) is 15.0. The van der Waals surface area contributed by atoms with Gasteiger partial charge in [-0.1, -0.05) is 30.8 Å². The number of hydrogen-bond donors (Lipinski definition) is 1. The van der Waals surface area contributed by atoms with E-state index in [1.54, 1.807) is 19.1 Å².